The van der Waals surface area contributed by atoms with Crippen molar-refractivity contribution in [3.8, 4) is 0 Å². The predicted molar refractivity (Wildman–Crippen MR) is 146 cm³/mol. The number of carbonyl (C=O) groups is 2. The smallest absolute Gasteiger partial charge is 0.306 e. The molecule has 218 valence electrons. The Balaban J connectivity index is 2.27. The summed E-state index contributed by atoms with van der Waals surface area (Å²) in [6.07, 6.45) is 17.5. The zero-order chi connectivity index (χ0) is 27.1. The summed E-state index contributed by atoms with van der Waals surface area (Å²) in [7, 11) is 0. The summed E-state index contributed by atoms with van der Waals surface area (Å²) >= 11 is 0. The molecule has 1 aliphatic heterocycles. The number of rotatable bonds is 24. The van der Waals surface area contributed by atoms with Crippen LogP contribution in [0.15, 0.2) is 0 Å². The van der Waals surface area contributed by atoms with Crippen LogP contribution in [-0.4, -0.2) is 59.8 Å². The molecule has 4 atom stereocenters. The van der Waals surface area contributed by atoms with Gasteiger partial charge in [0, 0.05) is 12.8 Å². The van der Waals surface area contributed by atoms with Gasteiger partial charge in [-0.15, -0.1) is 0 Å². The van der Waals surface area contributed by atoms with E-state index in [-0.39, 0.29) is 31.6 Å². The normalized spacial score (nSPS) is 20.2. The SMILES string of the molecule is CCCCCCCCCCCC(=O)OC[C@@H](OC(=O)CCCCCCCCCCC)[C@@H]1OCC(O)[C@@H]1O. The van der Waals surface area contributed by atoms with Gasteiger partial charge in [0.25, 0.3) is 0 Å². The second kappa shape index (κ2) is 22.8. The Morgan fingerprint density at radius 2 is 1.14 bits per heavy atom. The first kappa shape index (κ1) is 33.8. The second-order valence-corrected chi connectivity index (χ2v) is 10.7. The van der Waals surface area contributed by atoms with Gasteiger partial charge in [-0.05, 0) is 12.8 Å². The number of unbranched alkanes of at least 4 members (excludes halogenated alkanes) is 16. The Morgan fingerprint density at radius 3 is 1.57 bits per heavy atom. The van der Waals surface area contributed by atoms with E-state index < -0.39 is 24.4 Å². The van der Waals surface area contributed by atoms with Crippen molar-refractivity contribution in [1.29, 1.82) is 0 Å². The molecule has 0 amide bonds. The van der Waals surface area contributed by atoms with E-state index in [2.05, 4.69) is 13.8 Å². The van der Waals surface area contributed by atoms with Crippen molar-refractivity contribution in [2.24, 2.45) is 0 Å². The molecule has 0 bridgehead atoms. The average Bonchev–Trinajstić information content (AvgIpc) is 3.22. The Labute approximate surface area is 226 Å². The highest BCUT2D eigenvalue weighted by Crippen LogP contribution is 2.21. The summed E-state index contributed by atoms with van der Waals surface area (Å²) in [6, 6.07) is 0. The molecule has 2 N–H and O–H groups in total. The van der Waals surface area contributed by atoms with Crippen molar-refractivity contribution in [1.82, 2.24) is 0 Å². The van der Waals surface area contributed by atoms with Gasteiger partial charge in [-0.25, -0.2) is 0 Å². The first-order valence-corrected chi connectivity index (χ1v) is 15.3. The fourth-order valence-electron chi connectivity index (χ4n) is 4.78. The molecule has 1 unspecified atom stereocenters. The van der Waals surface area contributed by atoms with Crippen molar-refractivity contribution >= 4 is 11.9 Å². The second-order valence-electron chi connectivity index (χ2n) is 10.7. The van der Waals surface area contributed by atoms with E-state index in [9.17, 15) is 19.8 Å². The minimum atomic E-state index is -1.18. The maximum Gasteiger partial charge on any atom is 0.306 e. The Morgan fingerprint density at radius 1 is 0.703 bits per heavy atom. The van der Waals surface area contributed by atoms with E-state index in [1.54, 1.807) is 0 Å². The maximum atomic E-state index is 12.4. The minimum Gasteiger partial charge on any atom is -0.462 e. The van der Waals surface area contributed by atoms with E-state index in [4.69, 9.17) is 14.2 Å². The van der Waals surface area contributed by atoms with E-state index in [0.29, 0.717) is 6.42 Å². The summed E-state index contributed by atoms with van der Waals surface area (Å²) in [4.78, 5) is 24.7. The Bertz CT molecular complexity index is 568. The lowest BCUT2D eigenvalue weighted by atomic mass is 10.1. The van der Waals surface area contributed by atoms with Crippen LogP contribution in [0.2, 0.25) is 0 Å². The van der Waals surface area contributed by atoms with E-state index in [1.807, 2.05) is 0 Å². The monoisotopic (exact) mass is 528 g/mol. The number of carbonyl (C=O) groups excluding carboxylic acids is 2. The average molecular weight is 529 g/mol. The zero-order valence-electron chi connectivity index (χ0n) is 23.8. The summed E-state index contributed by atoms with van der Waals surface area (Å²) < 4.78 is 16.4. The maximum absolute atomic E-state index is 12.4. The predicted octanol–water partition coefficient (Wildman–Crippen LogP) is 6.40. The van der Waals surface area contributed by atoms with Crippen LogP contribution in [0.4, 0.5) is 0 Å². The van der Waals surface area contributed by atoms with Gasteiger partial charge in [0.05, 0.1) is 6.61 Å². The van der Waals surface area contributed by atoms with Crippen molar-refractivity contribution in [2.75, 3.05) is 13.2 Å². The first-order valence-electron chi connectivity index (χ1n) is 15.3. The minimum absolute atomic E-state index is 0.0372. The van der Waals surface area contributed by atoms with Crippen LogP contribution in [0.3, 0.4) is 0 Å². The standard InChI is InChI=1S/C30H56O7/c1-3-5-7-9-11-13-15-17-19-21-27(32)35-24-26(30-29(34)25(31)23-36-30)37-28(33)22-20-18-16-14-12-10-8-6-4-2/h25-26,29-31,34H,3-24H2,1-2H3/t25?,26-,29+,30+/m1/s1. The van der Waals surface area contributed by atoms with Crippen LogP contribution in [0, 0.1) is 0 Å². The Hall–Kier alpha value is -1.18. The Kier molecular flexibility index (Phi) is 20.8. The van der Waals surface area contributed by atoms with Crippen molar-refractivity contribution in [2.45, 2.75) is 167 Å². The van der Waals surface area contributed by atoms with E-state index >= 15 is 0 Å². The fourth-order valence-corrected chi connectivity index (χ4v) is 4.78. The fraction of sp³-hybridized carbons (Fsp3) is 0.933. The van der Waals surface area contributed by atoms with Crippen LogP contribution < -0.4 is 0 Å². The first-order chi connectivity index (χ1) is 18.0. The highest BCUT2D eigenvalue weighted by Gasteiger charge is 2.42. The van der Waals surface area contributed by atoms with Gasteiger partial charge in [-0.1, -0.05) is 117 Å². The number of aliphatic hydroxyl groups is 2. The number of ether oxygens (including phenoxy) is 3. The quantitative estimate of drug-likeness (QED) is 0.110. The molecule has 1 rings (SSSR count). The molecule has 0 spiro atoms. The van der Waals surface area contributed by atoms with E-state index in [0.717, 1.165) is 38.5 Å². The lowest BCUT2D eigenvalue weighted by molar-refractivity contribution is -0.170. The molecule has 7 nitrogen and oxygen atoms in total. The van der Waals surface area contributed by atoms with Gasteiger partial charge in [0.1, 0.15) is 24.9 Å². The van der Waals surface area contributed by atoms with Crippen LogP contribution in [0.1, 0.15) is 142 Å². The topological polar surface area (TPSA) is 102 Å². The molecule has 0 saturated carbocycles. The van der Waals surface area contributed by atoms with Gasteiger partial charge < -0.3 is 24.4 Å². The highest BCUT2D eigenvalue weighted by molar-refractivity contribution is 5.70. The van der Waals surface area contributed by atoms with Gasteiger partial charge in [-0.2, -0.15) is 0 Å². The van der Waals surface area contributed by atoms with Crippen LogP contribution in [-0.2, 0) is 23.8 Å². The molecule has 0 aromatic carbocycles. The van der Waals surface area contributed by atoms with Crippen LogP contribution >= 0.6 is 0 Å². The third kappa shape index (κ3) is 17.1. The summed E-state index contributed by atoms with van der Waals surface area (Å²) in [5, 5.41) is 20.1. The molecule has 1 fully saturated rings. The number of hydrogen-bond acceptors (Lipinski definition) is 7. The van der Waals surface area contributed by atoms with Crippen molar-refractivity contribution in [3.63, 3.8) is 0 Å². The largest absolute Gasteiger partial charge is 0.462 e. The van der Waals surface area contributed by atoms with Crippen molar-refractivity contribution in [3.05, 3.63) is 0 Å². The molecular weight excluding hydrogens is 472 g/mol. The lowest BCUT2D eigenvalue weighted by Gasteiger charge is -2.25. The zero-order valence-corrected chi connectivity index (χ0v) is 23.8. The van der Waals surface area contributed by atoms with Crippen LogP contribution in [0.25, 0.3) is 0 Å². The van der Waals surface area contributed by atoms with Gasteiger partial charge in [0.2, 0.25) is 0 Å². The summed E-state index contributed by atoms with van der Waals surface area (Å²) in [6.45, 7) is 4.23. The molecule has 7 heteroatoms. The molecule has 1 heterocycles. The third-order valence-corrected chi connectivity index (χ3v) is 7.22. The summed E-state index contributed by atoms with van der Waals surface area (Å²) in [5.41, 5.74) is 0. The molecule has 1 aliphatic rings. The highest BCUT2D eigenvalue weighted by atomic mass is 16.6. The molecule has 0 aliphatic carbocycles. The lowest BCUT2D eigenvalue weighted by Crippen LogP contribution is -2.44. The molecule has 0 aromatic heterocycles. The van der Waals surface area contributed by atoms with Crippen molar-refractivity contribution < 1.29 is 34.0 Å². The number of aliphatic hydroxyl groups excluding tert-OH is 2. The number of esters is 2. The van der Waals surface area contributed by atoms with Gasteiger partial charge >= 0.3 is 11.9 Å². The molecule has 1 saturated heterocycles. The third-order valence-electron chi connectivity index (χ3n) is 7.22. The van der Waals surface area contributed by atoms with Gasteiger partial charge in [0.15, 0.2) is 6.10 Å². The molecule has 37 heavy (non-hydrogen) atoms. The number of hydrogen-bond donors (Lipinski definition) is 2. The van der Waals surface area contributed by atoms with E-state index in [1.165, 1.54) is 77.0 Å². The molecule has 0 radical (unpaired) electrons. The summed E-state index contributed by atoms with van der Waals surface area (Å²) in [5.74, 6) is -0.726. The van der Waals surface area contributed by atoms with Gasteiger partial charge in [-0.3, -0.25) is 9.59 Å². The molecular formula is C30H56O7. The van der Waals surface area contributed by atoms with Crippen LogP contribution in [0.5, 0.6) is 0 Å². The molecule has 0 aromatic rings.